The zero-order chi connectivity index (χ0) is 10.7. The Morgan fingerprint density at radius 1 is 1.53 bits per heavy atom. The third kappa shape index (κ3) is 3.08. The molecule has 2 N–H and O–H groups in total. The van der Waals surface area contributed by atoms with E-state index in [0.717, 1.165) is 31.8 Å². The van der Waals surface area contributed by atoms with Crippen LogP contribution in [-0.2, 0) is 11.3 Å². The highest BCUT2D eigenvalue weighted by atomic mass is 16.5. The molecule has 2 rings (SSSR count). The summed E-state index contributed by atoms with van der Waals surface area (Å²) in [5.41, 5.74) is 0.0442. The summed E-state index contributed by atoms with van der Waals surface area (Å²) < 4.78 is 11.0. The molecule has 0 radical (unpaired) electrons. The summed E-state index contributed by atoms with van der Waals surface area (Å²) in [4.78, 5) is 0. The number of nitrogens with two attached hydrogens (primary N) is 1. The number of rotatable bonds is 3. The molecule has 0 spiro atoms. The maximum absolute atomic E-state index is 5.69. The van der Waals surface area contributed by atoms with Gasteiger partial charge in [0.1, 0.15) is 6.54 Å². The van der Waals surface area contributed by atoms with Crippen molar-refractivity contribution in [2.75, 3.05) is 6.61 Å². The number of quaternary nitrogens is 1. The fourth-order valence-electron chi connectivity index (χ4n) is 2.19. The Labute approximate surface area is 90.8 Å². The molecular formula is C12H20NO2+. The van der Waals surface area contributed by atoms with Gasteiger partial charge in [0.25, 0.3) is 0 Å². The lowest BCUT2D eigenvalue weighted by Crippen LogP contribution is -2.89. The van der Waals surface area contributed by atoms with E-state index in [1.807, 2.05) is 12.1 Å². The summed E-state index contributed by atoms with van der Waals surface area (Å²) in [7, 11) is 0. The summed E-state index contributed by atoms with van der Waals surface area (Å²) in [6.07, 6.45) is 3.99. The zero-order valence-electron chi connectivity index (χ0n) is 9.53. The average Bonchev–Trinajstić information content (AvgIpc) is 2.65. The predicted octanol–water partition coefficient (Wildman–Crippen LogP) is 1.30. The second kappa shape index (κ2) is 4.37. The van der Waals surface area contributed by atoms with Crippen LogP contribution in [-0.4, -0.2) is 18.2 Å². The summed E-state index contributed by atoms with van der Waals surface area (Å²) in [6, 6.07) is 4.64. The van der Waals surface area contributed by atoms with E-state index in [-0.39, 0.29) is 5.60 Å². The van der Waals surface area contributed by atoms with E-state index in [0.29, 0.717) is 6.04 Å². The maximum atomic E-state index is 5.69. The first-order valence-corrected chi connectivity index (χ1v) is 5.65. The maximum Gasteiger partial charge on any atom is 0.157 e. The first-order chi connectivity index (χ1) is 7.16. The van der Waals surface area contributed by atoms with Crippen LogP contribution >= 0.6 is 0 Å². The highest BCUT2D eigenvalue weighted by Gasteiger charge is 2.30. The molecule has 15 heavy (non-hydrogen) atoms. The van der Waals surface area contributed by atoms with Gasteiger partial charge in [-0.2, -0.15) is 0 Å². The molecule has 3 heteroatoms. The molecule has 0 saturated carbocycles. The summed E-state index contributed by atoms with van der Waals surface area (Å²) in [6.45, 7) is 6.15. The molecule has 0 aromatic carbocycles. The molecule has 1 aromatic rings. The number of ether oxygens (including phenoxy) is 1. The number of hydrogen-bond acceptors (Lipinski definition) is 2. The van der Waals surface area contributed by atoms with E-state index >= 15 is 0 Å². The van der Waals surface area contributed by atoms with E-state index in [1.165, 1.54) is 0 Å². The van der Waals surface area contributed by atoms with Crippen LogP contribution < -0.4 is 5.32 Å². The Morgan fingerprint density at radius 3 is 3.07 bits per heavy atom. The van der Waals surface area contributed by atoms with E-state index in [9.17, 15) is 0 Å². The third-order valence-corrected chi connectivity index (χ3v) is 2.97. The zero-order valence-corrected chi connectivity index (χ0v) is 9.53. The lowest BCUT2D eigenvalue weighted by atomic mass is 9.94. The monoisotopic (exact) mass is 210 g/mol. The molecule has 1 fully saturated rings. The fraction of sp³-hybridized carbons (Fsp3) is 0.667. The van der Waals surface area contributed by atoms with Gasteiger partial charge >= 0.3 is 0 Å². The first kappa shape index (κ1) is 10.7. The van der Waals surface area contributed by atoms with Gasteiger partial charge in [0.15, 0.2) is 5.76 Å². The Balaban J connectivity index is 1.80. The normalized spacial score (nSPS) is 25.3. The fourth-order valence-corrected chi connectivity index (χ4v) is 2.19. The van der Waals surface area contributed by atoms with Crippen molar-refractivity contribution in [2.45, 2.75) is 44.9 Å². The number of furan rings is 1. The Hall–Kier alpha value is -0.800. The van der Waals surface area contributed by atoms with Gasteiger partial charge in [-0.25, -0.2) is 0 Å². The highest BCUT2D eigenvalue weighted by molar-refractivity contribution is 4.95. The van der Waals surface area contributed by atoms with Crippen LogP contribution in [0.1, 0.15) is 32.4 Å². The lowest BCUT2D eigenvalue weighted by Gasteiger charge is -2.33. The quantitative estimate of drug-likeness (QED) is 0.816. The molecule has 84 valence electrons. The van der Waals surface area contributed by atoms with Crippen molar-refractivity contribution in [1.82, 2.24) is 0 Å². The van der Waals surface area contributed by atoms with Crippen molar-refractivity contribution in [3.8, 4) is 0 Å². The Bertz CT molecular complexity index is 293. The van der Waals surface area contributed by atoms with E-state index in [1.54, 1.807) is 6.26 Å². The van der Waals surface area contributed by atoms with Gasteiger partial charge in [-0.15, -0.1) is 0 Å². The van der Waals surface area contributed by atoms with Gasteiger partial charge in [0, 0.05) is 12.8 Å². The third-order valence-electron chi connectivity index (χ3n) is 2.97. The molecule has 0 bridgehead atoms. The lowest BCUT2D eigenvalue weighted by molar-refractivity contribution is -0.711. The smallest absolute Gasteiger partial charge is 0.157 e. The van der Waals surface area contributed by atoms with Crippen molar-refractivity contribution >= 4 is 0 Å². The topological polar surface area (TPSA) is 39.0 Å². The minimum absolute atomic E-state index is 0.0442. The summed E-state index contributed by atoms with van der Waals surface area (Å²) in [5, 5.41) is 2.36. The molecular weight excluding hydrogens is 190 g/mol. The van der Waals surface area contributed by atoms with E-state index < -0.39 is 0 Å². The molecule has 1 unspecified atom stereocenters. The largest absolute Gasteiger partial charge is 0.463 e. The second-order valence-corrected chi connectivity index (χ2v) is 4.88. The van der Waals surface area contributed by atoms with Crippen LogP contribution in [0.3, 0.4) is 0 Å². The van der Waals surface area contributed by atoms with Gasteiger partial charge in [-0.05, 0) is 26.0 Å². The van der Waals surface area contributed by atoms with E-state index in [4.69, 9.17) is 9.15 Å². The van der Waals surface area contributed by atoms with Crippen LogP contribution in [0.2, 0.25) is 0 Å². The van der Waals surface area contributed by atoms with Crippen LogP contribution in [0.5, 0.6) is 0 Å². The molecule has 0 aliphatic carbocycles. The van der Waals surface area contributed by atoms with Crippen molar-refractivity contribution in [2.24, 2.45) is 0 Å². The summed E-state index contributed by atoms with van der Waals surface area (Å²) in [5.74, 6) is 1.05. The second-order valence-electron chi connectivity index (χ2n) is 4.88. The standard InChI is InChI=1S/C12H19NO2/c1-12(2)8-10(5-7-15-12)13-9-11-4-3-6-14-11/h3-4,6,10,13H,5,7-9H2,1-2H3/p+1. The van der Waals surface area contributed by atoms with Crippen molar-refractivity contribution in [3.05, 3.63) is 24.2 Å². The molecule has 0 amide bonds. The SMILES string of the molecule is CC1(C)CC([NH2+]Cc2ccco2)CCO1. The molecule has 2 heterocycles. The van der Waals surface area contributed by atoms with Gasteiger partial charge < -0.3 is 14.5 Å². The molecule has 1 aromatic heterocycles. The van der Waals surface area contributed by atoms with Crippen molar-refractivity contribution < 1.29 is 14.5 Å². The van der Waals surface area contributed by atoms with Crippen LogP contribution in [0.4, 0.5) is 0 Å². The van der Waals surface area contributed by atoms with Gasteiger partial charge in [0.05, 0.1) is 24.5 Å². The Morgan fingerprint density at radius 2 is 2.40 bits per heavy atom. The van der Waals surface area contributed by atoms with Crippen LogP contribution in [0.25, 0.3) is 0 Å². The summed E-state index contributed by atoms with van der Waals surface area (Å²) >= 11 is 0. The molecule has 1 aliphatic heterocycles. The molecule has 1 aliphatic rings. The van der Waals surface area contributed by atoms with Crippen molar-refractivity contribution in [3.63, 3.8) is 0 Å². The Kier molecular flexibility index (Phi) is 3.12. The van der Waals surface area contributed by atoms with Crippen molar-refractivity contribution in [1.29, 1.82) is 0 Å². The van der Waals surface area contributed by atoms with E-state index in [2.05, 4.69) is 19.2 Å². The molecule has 1 saturated heterocycles. The van der Waals surface area contributed by atoms with Crippen LogP contribution in [0.15, 0.2) is 22.8 Å². The number of hydrogen-bond donors (Lipinski definition) is 1. The molecule has 1 atom stereocenters. The molecule has 3 nitrogen and oxygen atoms in total. The minimum Gasteiger partial charge on any atom is -0.463 e. The van der Waals surface area contributed by atoms with Gasteiger partial charge in [0.2, 0.25) is 0 Å². The first-order valence-electron chi connectivity index (χ1n) is 5.65. The van der Waals surface area contributed by atoms with Gasteiger partial charge in [-0.1, -0.05) is 0 Å². The predicted molar refractivity (Wildman–Crippen MR) is 57.4 cm³/mol. The van der Waals surface area contributed by atoms with Gasteiger partial charge in [-0.3, -0.25) is 0 Å². The average molecular weight is 210 g/mol. The minimum atomic E-state index is 0.0442. The highest BCUT2D eigenvalue weighted by Crippen LogP contribution is 2.22. The van der Waals surface area contributed by atoms with Crippen LogP contribution in [0, 0.1) is 0 Å².